The third-order valence-electron chi connectivity index (χ3n) is 3.11. The van der Waals surface area contributed by atoms with Gasteiger partial charge in [0.2, 0.25) is 5.91 Å². The summed E-state index contributed by atoms with van der Waals surface area (Å²) in [7, 11) is 4.10. The maximum Gasteiger partial charge on any atom is 0.224 e. The standard InChI is InChI=1S/C12H25N3O/c1-10-5-6-11(9-14-10)12(16)13-7-4-8-15(2)3/h10-11,14H,4-9H2,1-3H3,(H,13,16). The number of amides is 1. The van der Waals surface area contributed by atoms with Crippen molar-refractivity contribution in [2.75, 3.05) is 33.7 Å². The lowest BCUT2D eigenvalue weighted by atomic mass is 9.95. The molecule has 2 N–H and O–H groups in total. The Hall–Kier alpha value is -0.610. The summed E-state index contributed by atoms with van der Waals surface area (Å²) in [5, 5.41) is 6.37. The van der Waals surface area contributed by atoms with Crippen LogP contribution in [0.15, 0.2) is 0 Å². The van der Waals surface area contributed by atoms with Crippen molar-refractivity contribution in [3.05, 3.63) is 0 Å². The van der Waals surface area contributed by atoms with Gasteiger partial charge in [-0.1, -0.05) is 0 Å². The number of carbonyl (C=O) groups is 1. The number of rotatable bonds is 5. The normalized spacial score (nSPS) is 25.8. The first-order chi connectivity index (χ1) is 7.59. The fourth-order valence-electron chi connectivity index (χ4n) is 1.97. The highest BCUT2D eigenvalue weighted by molar-refractivity contribution is 5.78. The second kappa shape index (κ2) is 6.86. The van der Waals surface area contributed by atoms with E-state index < -0.39 is 0 Å². The molecule has 1 fully saturated rings. The molecule has 16 heavy (non-hydrogen) atoms. The molecule has 1 aliphatic heterocycles. The lowest BCUT2D eigenvalue weighted by Crippen LogP contribution is -2.44. The van der Waals surface area contributed by atoms with Crippen molar-refractivity contribution in [3.8, 4) is 0 Å². The summed E-state index contributed by atoms with van der Waals surface area (Å²) >= 11 is 0. The number of hydrogen-bond donors (Lipinski definition) is 2. The maximum atomic E-state index is 11.8. The van der Waals surface area contributed by atoms with Crippen LogP contribution in [0.2, 0.25) is 0 Å². The van der Waals surface area contributed by atoms with Gasteiger partial charge in [0.15, 0.2) is 0 Å². The van der Waals surface area contributed by atoms with Gasteiger partial charge in [-0.3, -0.25) is 4.79 Å². The van der Waals surface area contributed by atoms with Crippen molar-refractivity contribution in [1.29, 1.82) is 0 Å². The Labute approximate surface area is 98.8 Å². The molecule has 4 heteroatoms. The number of hydrogen-bond acceptors (Lipinski definition) is 3. The first kappa shape index (κ1) is 13.5. The molecular weight excluding hydrogens is 202 g/mol. The fourth-order valence-corrected chi connectivity index (χ4v) is 1.97. The second-order valence-corrected chi connectivity index (χ2v) is 5.03. The van der Waals surface area contributed by atoms with Crippen LogP contribution in [0.4, 0.5) is 0 Å². The second-order valence-electron chi connectivity index (χ2n) is 5.03. The molecule has 2 unspecified atom stereocenters. The van der Waals surface area contributed by atoms with Crippen molar-refractivity contribution in [3.63, 3.8) is 0 Å². The van der Waals surface area contributed by atoms with Gasteiger partial charge >= 0.3 is 0 Å². The van der Waals surface area contributed by atoms with Crippen molar-refractivity contribution in [2.24, 2.45) is 5.92 Å². The molecule has 1 aliphatic rings. The van der Waals surface area contributed by atoms with Gasteiger partial charge in [0.25, 0.3) is 0 Å². The number of nitrogens with one attached hydrogen (secondary N) is 2. The largest absolute Gasteiger partial charge is 0.356 e. The molecule has 0 saturated carbocycles. The van der Waals surface area contributed by atoms with E-state index in [0.29, 0.717) is 6.04 Å². The predicted molar refractivity (Wildman–Crippen MR) is 66.4 cm³/mol. The zero-order chi connectivity index (χ0) is 12.0. The molecule has 0 spiro atoms. The van der Waals surface area contributed by atoms with Crippen LogP contribution in [0.5, 0.6) is 0 Å². The van der Waals surface area contributed by atoms with Gasteiger partial charge in [-0.2, -0.15) is 0 Å². The summed E-state index contributed by atoms with van der Waals surface area (Å²) in [6.45, 7) is 4.83. The Morgan fingerprint density at radius 3 is 2.75 bits per heavy atom. The van der Waals surface area contributed by atoms with E-state index in [-0.39, 0.29) is 11.8 Å². The van der Waals surface area contributed by atoms with Crippen LogP contribution in [0.3, 0.4) is 0 Å². The van der Waals surface area contributed by atoms with Crippen molar-refractivity contribution in [1.82, 2.24) is 15.5 Å². The molecule has 4 nitrogen and oxygen atoms in total. The zero-order valence-corrected chi connectivity index (χ0v) is 10.8. The quantitative estimate of drug-likeness (QED) is 0.670. The number of nitrogens with zero attached hydrogens (tertiary/aromatic N) is 1. The van der Waals surface area contributed by atoms with E-state index in [9.17, 15) is 4.79 Å². The molecule has 0 aromatic heterocycles. The van der Waals surface area contributed by atoms with Crippen LogP contribution in [0.25, 0.3) is 0 Å². The molecule has 0 aromatic rings. The molecular formula is C12H25N3O. The van der Waals surface area contributed by atoms with Crippen molar-refractivity contribution in [2.45, 2.75) is 32.2 Å². The lowest BCUT2D eigenvalue weighted by Gasteiger charge is -2.26. The Balaban J connectivity index is 2.10. The minimum Gasteiger partial charge on any atom is -0.356 e. The van der Waals surface area contributed by atoms with E-state index in [1.165, 1.54) is 0 Å². The maximum absolute atomic E-state index is 11.8. The third kappa shape index (κ3) is 4.94. The predicted octanol–water partition coefficient (Wildman–Crippen LogP) is 0.442. The van der Waals surface area contributed by atoms with Crippen LogP contribution in [-0.2, 0) is 4.79 Å². The van der Waals surface area contributed by atoms with Crippen LogP contribution < -0.4 is 10.6 Å². The topological polar surface area (TPSA) is 44.4 Å². The Kier molecular flexibility index (Phi) is 5.77. The minimum atomic E-state index is 0.176. The molecule has 0 bridgehead atoms. The highest BCUT2D eigenvalue weighted by Crippen LogP contribution is 2.13. The monoisotopic (exact) mass is 227 g/mol. The highest BCUT2D eigenvalue weighted by atomic mass is 16.1. The van der Waals surface area contributed by atoms with Gasteiger partial charge in [0, 0.05) is 19.1 Å². The molecule has 94 valence electrons. The van der Waals surface area contributed by atoms with E-state index in [4.69, 9.17) is 0 Å². The summed E-state index contributed by atoms with van der Waals surface area (Å²) in [6, 6.07) is 0.567. The first-order valence-corrected chi connectivity index (χ1v) is 6.25. The van der Waals surface area contributed by atoms with Gasteiger partial charge in [0.1, 0.15) is 0 Å². The Bertz CT molecular complexity index is 210. The van der Waals surface area contributed by atoms with Crippen LogP contribution in [-0.4, -0.2) is 50.6 Å². The summed E-state index contributed by atoms with van der Waals surface area (Å²) in [4.78, 5) is 13.9. The summed E-state index contributed by atoms with van der Waals surface area (Å²) in [5.41, 5.74) is 0. The van der Waals surface area contributed by atoms with Crippen molar-refractivity contribution >= 4 is 5.91 Å². The third-order valence-corrected chi connectivity index (χ3v) is 3.11. The van der Waals surface area contributed by atoms with Crippen LogP contribution in [0, 0.1) is 5.92 Å². The van der Waals surface area contributed by atoms with Gasteiger partial charge in [0.05, 0.1) is 5.92 Å². The smallest absolute Gasteiger partial charge is 0.224 e. The molecule has 1 amide bonds. The van der Waals surface area contributed by atoms with Gasteiger partial charge < -0.3 is 15.5 Å². The number of piperidine rings is 1. The van der Waals surface area contributed by atoms with Gasteiger partial charge in [-0.25, -0.2) is 0 Å². The molecule has 0 aromatic carbocycles. The van der Waals surface area contributed by atoms with Gasteiger partial charge in [-0.15, -0.1) is 0 Å². The van der Waals surface area contributed by atoms with Gasteiger partial charge in [-0.05, 0) is 46.8 Å². The molecule has 2 atom stereocenters. The van der Waals surface area contributed by atoms with Crippen LogP contribution >= 0.6 is 0 Å². The Morgan fingerprint density at radius 1 is 1.44 bits per heavy atom. The fraction of sp³-hybridized carbons (Fsp3) is 0.917. The molecule has 1 heterocycles. The van der Waals surface area contributed by atoms with E-state index in [1.807, 2.05) is 14.1 Å². The number of carbonyl (C=O) groups excluding carboxylic acids is 1. The summed E-state index contributed by atoms with van der Waals surface area (Å²) in [5.74, 6) is 0.397. The summed E-state index contributed by atoms with van der Waals surface area (Å²) < 4.78 is 0. The van der Waals surface area contributed by atoms with Crippen molar-refractivity contribution < 1.29 is 4.79 Å². The minimum absolute atomic E-state index is 0.176. The molecule has 1 rings (SSSR count). The van der Waals surface area contributed by atoms with E-state index >= 15 is 0 Å². The molecule has 0 radical (unpaired) electrons. The lowest BCUT2D eigenvalue weighted by molar-refractivity contribution is -0.125. The average molecular weight is 227 g/mol. The molecule has 0 aliphatic carbocycles. The van der Waals surface area contributed by atoms with E-state index in [2.05, 4.69) is 22.5 Å². The Morgan fingerprint density at radius 2 is 2.19 bits per heavy atom. The SMILES string of the molecule is CC1CCC(C(=O)NCCCN(C)C)CN1. The average Bonchev–Trinajstić information content (AvgIpc) is 2.25. The van der Waals surface area contributed by atoms with Crippen LogP contribution in [0.1, 0.15) is 26.2 Å². The first-order valence-electron chi connectivity index (χ1n) is 6.25. The van der Waals surface area contributed by atoms with E-state index in [1.54, 1.807) is 0 Å². The highest BCUT2D eigenvalue weighted by Gasteiger charge is 2.23. The summed E-state index contributed by atoms with van der Waals surface area (Å²) in [6.07, 6.45) is 3.15. The van der Waals surface area contributed by atoms with E-state index in [0.717, 1.165) is 38.9 Å². The molecule has 1 saturated heterocycles. The zero-order valence-electron chi connectivity index (χ0n) is 10.8.